The number of thioether (sulfide) groups is 1. The van der Waals surface area contributed by atoms with Gasteiger partial charge in [0.05, 0.1) is 11.0 Å². The largest absolute Gasteiger partial charge is 0.333 e. The normalized spacial score (nSPS) is 10.8. The molecule has 1 radical (unpaired) electrons. The Morgan fingerprint density at radius 2 is 2.23 bits per heavy atom. The van der Waals surface area contributed by atoms with E-state index in [1.54, 1.807) is 11.8 Å². The first-order chi connectivity index (χ1) is 6.40. The van der Waals surface area contributed by atoms with Crippen LogP contribution in [0, 0.1) is 6.92 Å². The summed E-state index contributed by atoms with van der Waals surface area (Å²) < 4.78 is 0. The Bertz CT molecular complexity index is 361. The van der Waals surface area contributed by atoms with Gasteiger partial charge in [0.2, 0.25) is 0 Å². The van der Waals surface area contributed by atoms with Crippen molar-refractivity contribution in [2.75, 3.05) is 5.75 Å². The van der Waals surface area contributed by atoms with Gasteiger partial charge in [0.25, 0.3) is 0 Å². The summed E-state index contributed by atoms with van der Waals surface area (Å²) in [6, 6.07) is 8.06. The van der Waals surface area contributed by atoms with Gasteiger partial charge in [-0.25, -0.2) is 4.98 Å². The van der Waals surface area contributed by atoms with Gasteiger partial charge in [0.1, 0.15) is 0 Å². The third-order valence-electron chi connectivity index (χ3n) is 1.75. The Hall–Kier alpha value is -0.960. The Morgan fingerprint density at radius 1 is 1.38 bits per heavy atom. The second-order valence-corrected chi connectivity index (χ2v) is 3.84. The number of aromatic amines is 1. The van der Waals surface area contributed by atoms with Crippen molar-refractivity contribution in [1.29, 1.82) is 0 Å². The molecular weight excluding hydrogens is 180 g/mol. The van der Waals surface area contributed by atoms with Crippen LogP contribution in [0.15, 0.2) is 29.4 Å². The molecule has 0 fully saturated rings. The van der Waals surface area contributed by atoms with Crippen LogP contribution in [0.4, 0.5) is 0 Å². The fourth-order valence-electron chi connectivity index (χ4n) is 1.17. The highest BCUT2D eigenvalue weighted by molar-refractivity contribution is 7.99. The number of H-pyrrole nitrogens is 1. The standard InChI is InChI=1S/C10H11N2S/c1-2-7-13-10-11-8-5-3-4-6-9(8)12-10/h3-6H,1-2,7H2,(H,11,12). The molecule has 13 heavy (non-hydrogen) atoms. The van der Waals surface area contributed by atoms with Gasteiger partial charge in [-0.2, -0.15) is 0 Å². The lowest BCUT2D eigenvalue weighted by Crippen LogP contribution is -1.77. The molecule has 0 bridgehead atoms. The van der Waals surface area contributed by atoms with Crippen LogP contribution < -0.4 is 0 Å². The van der Waals surface area contributed by atoms with E-state index in [2.05, 4.69) is 16.9 Å². The van der Waals surface area contributed by atoms with Gasteiger partial charge in [0.15, 0.2) is 5.16 Å². The molecule has 0 aliphatic rings. The van der Waals surface area contributed by atoms with E-state index in [0.717, 1.165) is 28.4 Å². The Morgan fingerprint density at radius 3 is 3.00 bits per heavy atom. The van der Waals surface area contributed by atoms with E-state index in [9.17, 15) is 0 Å². The minimum atomic E-state index is 0.932. The smallest absolute Gasteiger partial charge is 0.166 e. The third-order valence-corrected chi connectivity index (χ3v) is 2.71. The maximum Gasteiger partial charge on any atom is 0.166 e. The van der Waals surface area contributed by atoms with E-state index in [4.69, 9.17) is 0 Å². The number of hydrogen-bond acceptors (Lipinski definition) is 2. The molecule has 2 aromatic rings. The summed E-state index contributed by atoms with van der Waals surface area (Å²) in [6.45, 7) is 3.79. The number of imidazole rings is 1. The van der Waals surface area contributed by atoms with Crippen LogP contribution in [0.25, 0.3) is 11.0 Å². The molecule has 0 unspecified atom stereocenters. The second kappa shape index (κ2) is 3.83. The first-order valence-corrected chi connectivity index (χ1v) is 5.25. The van der Waals surface area contributed by atoms with E-state index < -0.39 is 0 Å². The minimum Gasteiger partial charge on any atom is -0.333 e. The van der Waals surface area contributed by atoms with Crippen molar-refractivity contribution in [2.45, 2.75) is 11.6 Å². The van der Waals surface area contributed by atoms with E-state index in [0.29, 0.717) is 0 Å². The van der Waals surface area contributed by atoms with Crippen molar-refractivity contribution in [1.82, 2.24) is 9.97 Å². The predicted molar refractivity (Wildman–Crippen MR) is 56.8 cm³/mol. The summed E-state index contributed by atoms with van der Waals surface area (Å²) in [6.07, 6.45) is 0.932. The summed E-state index contributed by atoms with van der Waals surface area (Å²) in [5, 5.41) is 0.991. The van der Waals surface area contributed by atoms with Crippen molar-refractivity contribution in [3.8, 4) is 0 Å². The number of benzene rings is 1. The number of fused-ring (bicyclic) bond motifs is 1. The van der Waals surface area contributed by atoms with Crippen molar-refractivity contribution in [3.05, 3.63) is 31.2 Å². The summed E-state index contributed by atoms with van der Waals surface area (Å²) >= 11 is 1.72. The highest BCUT2D eigenvalue weighted by Gasteiger charge is 2.00. The fraction of sp³-hybridized carbons (Fsp3) is 0.200. The molecule has 1 aromatic carbocycles. The van der Waals surface area contributed by atoms with Crippen molar-refractivity contribution in [3.63, 3.8) is 0 Å². The molecule has 0 spiro atoms. The zero-order valence-corrected chi connectivity index (χ0v) is 8.10. The molecule has 1 N–H and O–H groups in total. The minimum absolute atomic E-state index is 0.932. The monoisotopic (exact) mass is 191 g/mol. The molecule has 0 aliphatic heterocycles. The number of para-hydroxylation sites is 2. The van der Waals surface area contributed by atoms with Crippen molar-refractivity contribution in [2.24, 2.45) is 0 Å². The molecule has 2 rings (SSSR count). The summed E-state index contributed by atoms with van der Waals surface area (Å²) in [4.78, 5) is 7.68. The summed E-state index contributed by atoms with van der Waals surface area (Å²) in [5.41, 5.74) is 2.14. The van der Waals surface area contributed by atoms with Crippen LogP contribution in [0.5, 0.6) is 0 Å². The van der Waals surface area contributed by atoms with E-state index in [-0.39, 0.29) is 0 Å². The number of nitrogens with zero attached hydrogens (tertiary/aromatic N) is 1. The summed E-state index contributed by atoms with van der Waals surface area (Å²) in [5.74, 6) is 1.01. The molecule has 0 saturated heterocycles. The second-order valence-electron chi connectivity index (χ2n) is 2.76. The van der Waals surface area contributed by atoms with Gasteiger partial charge in [0, 0.05) is 5.75 Å². The molecule has 1 heterocycles. The van der Waals surface area contributed by atoms with E-state index in [1.165, 1.54) is 0 Å². The van der Waals surface area contributed by atoms with Gasteiger partial charge in [-0.15, -0.1) is 0 Å². The van der Waals surface area contributed by atoms with Gasteiger partial charge >= 0.3 is 0 Å². The molecular formula is C10H11N2S. The van der Waals surface area contributed by atoms with E-state index >= 15 is 0 Å². The number of aromatic nitrogens is 2. The molecule has 0 aliphatic carbocycles. The number of nitrogens with one attached hydrogen (secondary N) is 1. The average molecular weight is 191 g/mol. The molecule has 0 amide bonds. The van der Waals surface area contributed by atoms with Crippen LogP contribution in [-0.4, -0.2) is 15.7 Å². The van der Waals surface area contributed by atoms with Crippen LogP contribution in [0.3, 0.4) is 0 Å². The maximum absolute atomic E-state index is 4.43. The summed E-state index contributed by atoms with van der Waals surface area (Å²) in [7, 11) is 0. The zero-order valence-electron chi connectivity index (χ0n) is 7.29. The SMILES string of the molecule is [CH2]CCSc1nc2ccccc2[nH]1. The van der Waals surface area contributed by atoms with Crippen molar-refractivity contribution >= 4 is 22.8 Å². The van der Waals surface area contributed by atoms with Gasteiger partial charge in [-0.3, -0.25) is 0 Å². The Kier molecular flexibility index (Phi) is 2.54. The third kappa shape index (κ3) is 1.86. The maximum atomic E-state index is 4.43. The molecule has 2 nitrogen and oxygen atoms in total. The molecule has 1 aromatic heterocycles. The number of hydrogen-bond donors (Lipinski definition) is 1. The predicted octanol–water partition coefficient (Wildman–Crippen LogP) is 2.88. The zero-order chi connectivity index (χ0) is 9.10. The fourth-order valence-corrected chi connectivity index (χ4v) is 1.85. The highest BCUT2D eigenvalue weighted by atomic mass is 32.2. The first kappa shape index (κ1) is 8.63. The molecule has 3 heteroatoms. The number of rotatable bonds is 3. The van der Waals surface area contributed by atoms with Crippen molar-refractivity contribution < 1.29 is 0 Å². The molecule has 0 saturated carbocycles. The quantitative estimate of drug-likeness (QED) is 0.756. The topological polar surface area (TPSA) is 28.7 Å². The highest BCUT2D eigenvalue weighted by Crippen LogP contribution is 2.19. The van der Waals surface area contributed by atoms with Crippen LogP contribution >= 0.6 is 11.8 Å². The molecule has 0 atom stereocenters. The Labute approximate surface area is 81.8 Å². The lowest BCUT2D eigenvalue weighted by atomic mass is 10.3. The van der Waals surface area contributed by atoms with Gasteiger partial charge in [-0.05, 0) is 18.6 Å². The average Bonchev–Trinajstić information content (AvgIpc) is 2.57. The van der Waals surface area contributed by atoms with E-state index in [1.807, 2.05) is 24.3 Å². The van der Waals surface area contributed by atoms with Gasteiger partial charge in [-0.1, -0.05) is 30.8 Å². The van der Waals surface area contributed by atoms with Crippen LogP contribution in [-0.2, 0) is 0 Å². The molecule has 67 valence electrons. The van der Waals surface area contributed by atoms with Gasteiger partial charge < -0.3 is 4.98 Å². The van der Waals surface area contributed by atoms with Crippen LogP contribution in [0.1, 0.15) is 6.42 Å². The first-order valence-electron chi connectivity index (χ1n) is 4.27. The lowest BCUT2D eigenvalue weighted by molar-refractivity contribution is 1.07. The Balaban J connectivity index is 2.28. The lowest BCUT2D eigenvalue weighted by Gasteiger charge is -1.90. The van der Waals surface area contributed by atoms with Crippen LogP contribution in [0.2, 0.25) is 0 Å².